The molecular formula is C15H23N3O. The van der Waals surface area contributed by atoms with Gasteiger partial charge in [0.25, 0.3) is 5.91 Å². The fourth-order valence-electron chi connectivity index (χ4n) is 2.74. The highest BCUT2D eigenvalue weighted by Crippen LogP contribution is 2.24. The van der Waals surface area contributed by atoms with E-state index in [9.17, 15) is 4.79 Å². The number of hydrogen-bond donors (Lipinski definition) is 0. The Morgan fingerprint density at radius 3 is 2.53 bits per heavy atom. The summed E-state index contributed by atoms with van der Waals surface area (Å²) in [6.07, 6.45) is 7.74. The zero-order chi connectivity index (χ0) is 13.8. The fraction of sp³-hybridized carbons (Fsp3) is 0.600. The van der Waals surface area contributed by atoms with E-state index in [0.29, 0.717) is 11.6 Å². The number of aromatic nitrogens is 1. The van der Waals surface area contributed by atoms with Crippen molar-refractivity contribution in [3.63, 3.8) is 0 Å². The molecule has 0 bridgehead atoms. The number of anilines is 1. The summed E-state index contributed by atoms with van der Waals surface area (Å²) in [5.74, 6) is 0.832. The van der Waals surface area contributed by atoms with Crippen LogP contribution in [0.15, 0.2) is 18.3 Å². The molecule has 1 fully saturated rings. The fourth-order valence-corrected chi connectivity index (χ4v) is 2.74. The van der Waals surface area contributed by atoms with Gasteiger partial charge in [0.15, 0.2) is 0 Å². The number of carbonyl (C=O) groups excluding carboxylic acids is 1. The molecular weight excluding hydrogens is 238 g/mol. The van der Waals surface area contributed by atoms with Gasteiger partial charge in [-0.05, 0) is 25.0 Å². The van der Waals surface area contributed by atoms with Crippen molar-refractivity contribution in [3.05, 3.63) is 23.9 Å². The van der Waals surface area contributed by atoms with Gasteiger partial charge >= 0.3 is 0 Å². The lowest BCUT2D eigenvalue weighted by Crippen LogP contribution is -2.38. The summed E-state index contributed by atoms with van der Waals surface area (Å²) < 4.78 is 0. The van der Waals surface area contributed by atoms with Crippen molar-refractivity contribution in [1.29, 1.82) is 0 Å². The number of hydrogen-bond acceptors (Lipinski definition) is 3. The average Bonchev–Trinajstić information content (AvgIpc) is 2.46. The van der Waals surface area contributed by atoms with Gasteiger partial charge in [-0.25, -0.2) is 4.98 Å². The van der Waals surface area contributed by atoms with E-state index in [1.807, 2.05) is 43.1 Å². The first-order valence-electron chi connectivity index (χ1n) is 7.00. The lowest BCUT2D eigenvalue weighted by atomic mass is 9.94. The van der Waals surface area contributed by atoms with Gasteiger partial charge in [0.2, 0.25) is 0 Å². The second kappa shape index (κ2) is 6.04. The molecule has 1 aromatic rings. The molecule has 0 unspecified atom stereocenters. The molecule has 0 aromatic carbocycles. The van der Waals surface area contributed by atoms with Gasteiger partial charge in [-0.2, -0.15) is 0 Å². The molecule has 4 heteroatoms. The average molecular weight is 261 g/mol. The Balaban J connectivity index is 2.18. The molecule has 1 aliphatic rings. The first-order valence-corrected chi connectivity index (χ1v) is 7.00. The summed E-state index contributed by atoms with van der Waals surface area (Å²) >= 11 is 0. The standard InChI is InChI=1S/C15H23N3O/c1-17(2)14-13(10-7-11-16-14)15(19)18(3)12-8-5-4-6-9-12/h7,10-12H,4-6,8-9H2,1-3H3. The Morgan fingerprint density at radius 1 is 1.21 bits per heavy atom. The van der Waals surface area contributed by atoms with Crippen molar-refractivity contribution in [2.45, 2.75) is 38.1 Å². The maximum absolute atomic E-state index is 12.6. The maximum atomic E-state index is 12.6. The summed E-state index contributed by atoms with van der Waals surface area (Å²) in [7, 11) is 5.75. The number of nitrogens with zero attached hydrogens (tertiary/aromatic N) is 3. The van der Waals surface area contributed by atoms with Crippen molar-refractivity contribution < 1.29 is 4.79 Å². The summed E-state index contributed by atoms with van der Waals surface area (Å²) in [6.45, 7) is 0. The highest BCUT2D eigenvalue weighted by Gasteiger charge is 2.25. The molecule has 0 atom stereocenters. The molecule has 2 rings (SSSR count). The lowest BCUT2D eigenvalue weighted by molar-refractivity contribution is 0.0696. The molecule has 4 nitrogen and oxygen atoms in total. The Hall–Kier alpha value is -1.58. The number of pyridine rings is 1. The SMILES string of the molecule is CN(C)c1ncccc1C(=O)N(C)C1CCCCC1. The monoisotopic (exact) mass is 261 g/mol. The third kappa shape index (κ3) is 3.06. The van der Waals surface area contributed by atoms with Crippen molar-refractivity contribution in [2.75, 3.05) is 26.0 Å². The van der Waals surface area contributed by atoms with Gasteiger partial charge in [0.1, 0.15) is 5.82 Å². The topological polar surface area (TPSA) is 36.4 Å². The quantitative estimate of drug-likeness (QED) is 0.839. The van der Waals surface area contributed by atoms with Crippen molar-refractivity contribution in [2.24, 2.45) is 0 Å². The lowest BCUT2D eigenvalue weighted by Gasteiger charge is -2.32. The third-order valence-corrected chi connectivity index (χ3v) is 3.88. The van der Waals surface area contributed by atoms with E-state index < -0.39 is 0 Å². The predicted octanol–water partition coefficient (Wildman–Crippen LogP) is 2.55. The molecule has 0 saturated heterocycles. The number of carbonyl (C=O) groups is 1. The van der Waals surface area contributed by atoms with Gasteiger partial charge in [-0.1, -0.05) is 19.3 Å². The highest BCUT2D eigenvalue weighted by atomic mass is 16.2. The summed E-state index contributed by atoms with van der Waals surface area (Å²) in [5.41, 5.74) is 0.695. The van der Waals surface area contributed by atoms with Gasteiger partial charge < -0.3 is 9.80 Å². The van der Waals surface area contributed by atoms with E-state index in [0.717, 1.165) is 18.7 Å². The van der Waals surface area contributed by atoms with Crippen LogP contribution in [0.4, 0.5) is 5.82 Å². The minimum absolute atomic E-state index is 0.0868. The van der Waals surface area contributed by atoms with Crippen LogP contribution >= 0.6 is 0 Å². The molecule has 0 spiro atoms. The first kappa shape index (κ1) is 13.8. The Morgan fingerprint density at radius 2 is 1.89 bits per heavy atom. The van der Waals surface area contributed by atoms with E-state index in [1.165, 1.54) is 19.3 Å². The minimum atomic E-state index is 0.0868. The summed E-state index contributed by atoms with van der Waals surface area (Å²) in [6, 6.07) is 4.08. The minimum Gasteiger partial charge on any atom is -0.362 e. The van der Waals surface area contributed by atoms with Crippen LogP contribution in [-0.4, -0.2) is 43.0 Å². The van der Waals surface area contributed by atoms with Gasteiger partial charge in [0.05, 0.1) is 5.56 Å². The van der Waals surface area contributed by atoms with Crippen molar-refractivity contribution >= 4 is 11.7 Å². The van der Waals surface area contributed by atoms with E-state index in [2.05, 4.69) is 4.98 Å². The van der Waals surface area contributed by atoms with Gasteiger partial charge in [0, 0.05) is 33.4 Å². The molecule has 104 valence electrons. The molecule has 0 N–H and O–H groups in total. The van der Waals surface area contributed by atoms with Crippen molar-refractivity contribution in [3.8, 4) is 0 Å². The van der Waals surface area contributed by atoms with Crippen LogP contribution in [0.2, 0.25) is 0 Å². The molecule has 1 amide bonds. The number of amides is 1. The van der Waals surface area contributed by atoms with Gasteiger partial charge in [-0.15, -0.1) is 0 Å². The zero-order valence-electron chi connectivity index (χ0n) is 12.1. The Kier molecular flexibility index (Phi) is 4.40. The highest BCUT2D eigenvalue weighted by molar-refractivity contribution is 5.98. The molecule has 1 saturated carbocycles. The predicted molar refractivity (Wildman–Crippen MR) is 77.5 cm³/mol. The normalized spacial score (nSPS) is 16.2. The largest absolute Gasteiger partial charge is 0.362 e. The van der Waals surface area contributed by atoms with Crippen LogP contribution < -0.4 is 4.90 Å². The molecule has 0 radical (unpaired) electrons. The number of rotatable bonds is 3. The molecule has 19 heavy (non-hydrogen) atoms. The second-order valence-electron chi connectivity index (χ2n) is 5.48. The van der Waals surface area contributed by atoms with E-state index in [-0.39, 0.29) is 5.91 Å². The summed E-state index contributed by atoms with van der Waals surface area (Å²) in [4.78, 5) is 20.7. The first-order chi connectivity index (χ1) is 9.11. The van der Waals surface area contributed by atoms with Crippen LogP contribution in [0.25, 0.3) is 0 Å². The smallest absolute Gasteiger partial charge is 0.257 e. The Bertz CT molecular complexity index is 439. The molecule has 0 aliphatic heterocycles. The molecule has 1 aromatic heterocycles. The van der Waals surface area contributed by atoms with Crippen LogP contribution in [0, 0.1) is 0 Å². The van der Waals surface area contributed by atoms with E-state index >= 15 is 0 Å². The van der Waals surface area contributed by atoms with E-state index in [1.54, 1.807) is 6.20 Å². The molecule has 1 heterocycles. The third-order valence-electron chi connectivity index (χ3n) is 3.88. The summed E-state index contributed by atoms with van der Waals surface area (Å²) in [5, 5.41) is 0. The van der Waals surface area contributed by atoms with Crippen LogP contribution in [0.3, 0.4) is 0 Å². The van der Waals surface area contributed by atoms with Crippen LogP contribution in [-0.2, 0) is 0 Å². The zero-order valence-corrected chi connectivity index (χ0v) is 12.1. The van der Waals surface area contributed by atoms with Gasteiger partial charge in [-0.3, -0.25) is 4.79 Å². The van der Waals surface area contributed by atoms with E-state index in [4.69, 9.17) is 0 Å². The van der Waals surface area contributed by atoms with Crippen LogP contribution in [0.5, 0.6) is 0 Å². The van der Waals surface area contributed by atoms with Crippen molar-refractivity contribution in [1.82, 2.24) is 9.88 Å². The molecule has 1 aliphatic carbocycles. The Labute approximate surface area is 115 Å². The maximum Gasteiger partial charge on any atom is 0.257 e. The van der Waals surface area contributed by atoms with Crippen LogP contribution in [0.1, 0.15) is 42.5 Å². The second-order valence-corrected chi connectivity index (χ2v) is 5.48.